The van der Waals surface area contributed by atoms with Gasteiger partial charge in [-0.2, -0.15) is 0 Å². The SMILES string of the molecule is c1ccc(-c2ccc(-n3c4ccccc4c4cc(-c5cccc(-c6ccc(N(c7ccc8c(c7)-c7ccccc7-c7ccccc7-c7ccccc7-8)c7ccc8ccccc8c7)cc6)c5)ccc43)cc2)cc1. The zero-order valence-electron chi connectivity index (χ0n) is 39.5. The molecule has 0 radical (unpaired) electrons. The van der Waals surface area contributed by atoms with Gasteiger partial charge in [0.2, 0.25) is 0 Å². The molecule has 1 aromatic heterocycles. The Balaban J connectivity index is 0.846. The summed E-state index contributed by atoms with van der Waals surface area (Å²) in [5, 5.41) is 4.91. The van der Waals surface area contributed by atoms with Crippen LogP contribution in [0.4, 0.5) is 17.1 Å². The van der Waals surface area contributed by atoms with Crippen LogP contribution in [0.1, 0.15) is 0 Å². The molecule has 72 heavy (non-hydrogen) atoms. The average molecular weight is 915 g/mol. The molecule has 2 nitrogen and oxygen atoms in total. The van der Waals surface area contributed by atoms with Crippen LogP contribution in [0.2, 0.25) is 0 Å². The van der Waals surface area contributed by atoms with Gasteiger partial charge in [0.15, 0.2) is 0 Å². The molecule has 0 amide bonds. The van der Waals surface area contributed by atoms with Gasteiger partial charge in [0, 0.05) is 33.5 Å². The van der Waals surface area contributed by atoms with Crippen molar-refractivity contribution in [3.63, 3.8) is 0 Å². The van der Waals surface area contributed by atoms with Crippen molar-refractivity contribution in [2.45, 2.75) is 0 Å². The van der Waals surface area contributed by atoms with Crippen LogP contribution in [-0.4, -0.2) is 4.57 Å². The van der Waals surface area contributed by atoms with Crippen molar-refractivity contribution >= 4 is 49.6 Å². The van der Waals surface area contributed by atoms with Crippen LogP contribution in [0.3, 0.4) is 0 Å². The van der Waals surface area contributed by atoms with Crippen LogP contribution in [0, 0.1) is 0 Å². The van der Waals surface area contributed by atoms with Gasteiger partial charge in [-0.15, -0.1) is 0 Å². The molecule has 2 heteroatoms. The number of para-hydroxylation sites is 1. The normalized spacial score (nSPS) is 11.6. The number of rotatable bonds is 7. The van der Waals surface area contributed by atoms with Gasteiger partial charge in [-0.05, 0) is 161 Å². The molecular weight excluding hydrogens is 869 g/mol. The highest BCUT2D eigenvalue weighted by molar-refractivity contribution is 6.11. The van der Waals surface area contributed by atoms with Gasteiger partial charge in [-0.1, -0.05) is 206 Å². The highest BCUT2D eigenvalue weighted by Gasteiger charge is 2.24. The Bertz CT molecular complexity index is 4190. The van der Waals surface area contributed by atoms with E-state index in [9.17, 15) is 0 Å². The van der Waals surface area contributed by atoms with Gasteiger partial charge in [-0.25, -0.2) is 0 Å². The molecule has 1 aliphatic carbocycles. The van der Waals surface area contributed by atoms with E-state index in [1.54, 1.807) is 0 Å². The molecule has 14 rings (SSSR count). The van der Waals surface area contributed by atoms with Gasteiger partial charge in [0.05, 0.1) is 11.0 Å². The van der Waals surface area contributed by atoms with E-state index in [-0.39, 0.29) is 0 Å². The van der Waals surface area contributed by atoms with Gasteiger partial charge >= 0.3 is 0 Å². The third-order valence-electron chi connectivity index (χ3n) is 14.8. The Hall–Kier alpha value is -9.50. The summed E-state index contributed by atoms with van der Waals surface area (Å²) >= 11 is 0. The Kier molecular flexibility index (Phi) is 9.89. The third kappa shape index (κ3) is 7.03. The largest absolute Gasteiger partial charge is 0.310 e. The molecule has 0 atom stereocenters. The smallest absolute Gasteiger partial charge is 0.0541 e. The molecule has 12 aromatic carbocycles. The van der Waals surface area contributed by atoms with E-state index in [1.807, 2.05) is 0 Å². The van der Waals surface area contributed by atoms with Gasteiger partial charge < -0.3 is 9.47 Å². The Morgan fingerprint density at radius 1 is 0.222 bits per heavy atom. The van der Waals surface area contributed by atoms with E-state index in [0.29, 0.717) is 0 Å². The summed E-state index contributed by atoms with van der Waals surface area (Å²) in [5.41, 5.74) is 23.9. The van der Waals surface area contributed by atoms with Gasteiger partial charge in [0.1, 0.15) is 0 Å². The van der Waals surface area contributed by atoms with E-state index < -0.39 is 0 Å². The van der Waals surface area contributed by atoms with Crippen molar-refractivity contribution in [2.24, 2.45) is 0 Å². The molecule has 0 unspecified atom stereocenters. The van der Waals surface area contributed by atoms with Gasteiger partial charge in [0.25, 0.3) is 0 Å². The summed E-state index contributed by atoms with van der Waals surface area (Å²) in [6.45, 7) is 0. The molecule has 0 saturated heterocycles. The summed E-state index contributed by atoms with van der Waals surface area (Å²) in [6.07, 6.45) is 0. The number of fused-ring (bicyclic) bond motifs is 12. The average Bonchev–Trinajstić information content (AvgIpc) is 3.79. The van der Waals surface area contributed by atoms with Crippen LogP contribution in [0.25, 0.3) is 116 Å². The lowest BCUT2D eigenvalue weighted by molar-refractivity contribution is 1.18. The van der Waals surface area contributed by atoms with Gasteiger partial charge in [-0.3, -0.25) is 0 Å². The highest BCUT2D eigenvalue weighted by atomic mass is 15.1. The predicted octanol–water partition coefficient (Wildman–Crippen LogP) is 19.4. The molecule has 1 heterocycles. The number of hydrogen-bond donors (Lipinski definition) is 0. The van der Waals surface area contributed by atoms with Crippen molar-refractivity contribution in [2.75, 3.05) is 4.90 Å². The first-order valence-corrected chi connectivity index (χ1v) is 24.8. The maximum absolute atomic E-state index is 2.41. The molecule has 336 valence electrons. The highest BCUT2D eigenvalue weighted by Crippen LogP contribution is 2.50. The third-order valence-corrected chi connectivity index (χ3v) is 14.8. The lowest BCUT2D eigenvalue weighted by atomic mass is 9.81. The van der Waals surface area contributed by atoms with Crippen LogP contribution < -0.4 is 4.90 Å². The first-order valence-electron chi connectivity index (χ1n) is 24.8. The van der Waals surface area contributed by atoms with Crippen LogP contribution in [-0.2, 0) is 0 Å². The molecule has 0 aliphatic heterocycles. The Morgan fingerprint density at radius 2 is 0.667 bits per heavy atom. The van der Waals surface area contributed by atoms with E-state index in [1.165, 1.54) is 105 Å². The second-order valence-electron chi connectivity index (χ2n) is 18.9. The maximum atomic E-state index is 2.41. The molecule has 0 fully saturated rings. The quantitative estimate of drug-likeness (QED) is 0.155. The van der Waals surface area contributed by atoms with Crippen molar-refractivity contribution in [3.05, 3.63) is 279 Å². The number of benzene rings is 12. The summed E-state index contributed by atoms with van der Waals surface area (Å²) in [6, 6.07) is 102. The first kappa shape index (κ1) is 41.5. The lowest BCUT2D eigenvalue weighted by Gasteiger charge is -2.28. The number of nitrogens with zero attached hydrogens (tertiary/aromatic N) is 2. The second kappa shape index (κ2) is 17.2. The Morgan fingerprint density at radius 3 is 1.36 bits per heavy atom. The van der Waals surface area contributed by atoms with Crippen molar-refractivity contribution in [1.29, 1.82) is 0 Å². The van der Waals surface area contributed by atoms with E-state index in [2.05, 4.69) is 289 Å². The number of anilines is 3. The second-order valence-corrected chi connectivity index (χ2v) is 18.9. The van der Waals surface area contributed by atoms with Crippen molar-refractivity contribution in [1.82, 2.24) is 4.57 Å². The molecule has 0 saturated carbocycles. The monoisotopic (exact) mass is 914 g/mol. The predicted molar refractivity (Wildman–Crippen MR) is 305 cm³/mol. The first-order chi connectivity index (χ1) is 35.7. The summed E-state index contributed by atoms with van der Waals surface area (Å²) < 4.78 is 2.40. The Labute approximate surface area is 419 Å². The van der Waals surface area contributed by atoms with Crippen molar-refractivity contribution < 1.29 is 0 Å². The van der Waals surface area contributed by atoms with Crippen LogP contribution in [0.5, 0.6) is 0 Å². The number of hydrogen-bond acceptors (Lipinski definition) is 1. The summed E-state index contributed by atoms with van der Waals surface area (Å²) in [4.78, 5) is 2.41. The van der Waals surface area contributed by atoms with E-state index in [0.717, 1.165) is 28.3 Å². The van der Waals surface area contributed by atoms with Crippen molar-refractivity contribution in [3.8, 4) is 83.6 Å². The van der Waals surface area contributed by atoms with E-state index in [4.69, 9.17) is 0 Å². The fourth-order valence-electron chi connectivity index (χ4n) is 11.3. The molecule has 0 spiro atoms. The zero-order valence-corrected chi connectivity index (χ0v) is 39.5. The van der Waals surface area contributed by atoms with Crippen LogP contribution >= 0.6 is 0 Å². The molecular formula is C70H46N2. The topological polar surface area (TPSA) is 8.17 Å². The summed E-state index contributed by atoms with van der Waals surface area (Å²) in [5.74, 6) is 0. The number of aromatic nitrogens is 1. The van der Waals surface area contributed by atoms with E-state index >= 15 is 0 Å². The molecule has 1 aliphatic rings. The summed E-state index contributed by atoms with van der Waals surface area (Å²) in [7, 11) is 0. The minimum absolute atomic E-state index is 1.09. The molecule has 0 bridgehead atoms. The fraction of sp³-hybridized carbons (Fsp3) is 0. The van der Waals surface area contributed by atoms with Crippen LogP contribution in [0.15, 0.2) is 279 Å². The zero-order chi connectivity index (χ0) is 47.5. The minimum atomic E-state index is 1.09. The molecule has 13 aromatic rings. The lowest BCUT2D eigenvalue weighted by Crippen LogP contribution is -2.10. The maximum Gasteiger partial charge on any atom is 0.0541 e. The standard InChI is InChI=1S/C70H46N2/c1-2-15-47(16-3-1)49-29-37-56(38-30-49)72-69-28-13-12-27-66(69)68-45-54(34-42-70(68)72)52-20-14-19-51(43-52)50-31-35-55(36-32-50)71(57-39-33-48-17-4-5-18-53(48)44-57)58-40-41-65-63-25-9-8-23-61(63)59-21-6-7-22-60(59)62-24-10-11-26-64(62)67(65)46-58/h1-46H. The molecule has 0 N–H and O–H groups in total. The fourth-order valence-corrected chi connectivity index (χ4v) is 11.3. The minimum Gasteiger partial charge on any atom is -0.310 e.